The summed E-state index contributed by atoms with van der Waals surface area (Å²) in [6, 6.07) is 7.61. The molecule has 17 heavy (non-hydrogen) atoms. The van der Waals surface area contributed by atoms with E-state index in [0.717, 1.165) is 11.2 Å². The van der Waals surface area contributed by atoms with E-state index in [2.05, 4.69) is 4.98 Å². The third kappa shape index (κ3) is 1.94. The first-order valence-corrected chi connectivity index (χ1v) is 5.46. The topological polar surface area (TPSA) is 50.7 Å². The van der Waals surface area contributed by atoms with Crippen LogP contribution in [0.5, 0.6) is 0 Å². The van der Waals surface area contributed by atoms with Crippen LogP contribution in [0.4, 0.5) is 0 Å². The number of fused-ring (bicyclic) bond motifs is 1. The van der Waals surface area contributed by atoms with Crippen molar-refractivity contribution in [2.75, 3.05) is 0 Å². The number of rotatable bonds is 3. The lowest BCUT2D eigenvalue weighted by atomic mass is 10.1. The fourth-order valence-corrected chi connectivity index (χ4v) is 1.85. The molecule has 4 heteroatoms. The Morgan fingerprint density at radius 3 is 3.06 bits per heavy atom. The van der Waals surface area contributed by atoms with Crippen molar-refractivity contribution in [3.05, 3.63) is 60.4 Å². The minimum Gasteiger partial charge on any atom is -0.472 e. The summed E-state index contributed by atoms with van der Waals surface area (Å²) < 4.78 is 6.87. The monoisotopic (exact) mass is 228 g/mol. The minimum atomic E-state index is -0.604. The van der Waals surface area contributed by atoms with Crippen LogP contribution >= 0.6 is 0 Å². The number of aliphatic hydroxyl groups is 1. The van der Waals surface area contributed by atoms with Gasteiger partial charge in [-0.1, -0.05) is 6.07 Å². The zero-order valence-corrected chi connectivity index (χ0v) is 9.15. The third-order valence-corrected chi connectivity index (χ3v) is 2.73. The SMILES string of the molecule is OC(Cc1ccoc1)c1cn2ccccc2n1. The second kappa shape index (κ2) is 4.07. The molecule has 0 amide bonds. The van der Waals surface area contributed by atoms with Gasteiger partial charge in [0, 0.05) is 18.8 Å². The molecular formula is C13H12N2O2. The van der Waals surface area contributed by atoms with Gasteiger partial charge in [0.25, 0.3) is 0 Å². The highest BCUT2D eigenvalue weighted by molar-refractivity contribution is 5.39. The Morgan fingerprint density at radius 2 is 2.29 bits per heavy atom. The van der Waals surface area contributed by atoms with Crippen molar-refractivity contribution >= 4 is 5.65 Å². The first-order valence-electron chi connectivity index (χ1n) is 5.46. The van der Waals surface area contributed by atoms with Crippen molar-refractivity contribution in [2.45, 2.75) is 12.5 Å². The number of hydrogen-bond donors (Lipinski definition) is 1. The number of imidazole rings is 1. The van der Waals surface area contributed by atoms with Crippen LogP contribution in [0.1, 0.15) is 17.4 Å². The quantitative estimate of drug-likeness (QED) is 0.747. The van der Waals surface area contributed by atoms with Crippen LogP contribution in [0.25, 0.3) is 5.65 Å². The third-order valence-electron chi connectivity index (χ3n) is 2.73. The normalized spacial score (nSPS) is 13.0. The van der Waals surface area contributed by atoms with Crippen LogP contribution in [-0.2, 0) is 6.42 Å². The smallest absolute Gasteiger partial charge is 0.137 e. The zero-order chi connectivity index (χ0) is 11.7. The molecule has 0 fully saturated rings. The molecule has 1 N–H and O–H groups in total. The number of nitrogens with zero attached hydrogens (tertiary/aromatic N) is 2. The molecule has 3 heterocycles. The Hall–Kier alpha value is -2.07. The van der Waals surface area contributed by atoms with Gasteiger partial charge in [-0.25, -0.2) is 4.98 Å². The van der Waals surface area contributed by atoms with Crippen LogP contribution < -0.4 is 0 Å². The van der Waals surface area contributed by atoms with E-state index in [9.17, 15) is 5.11 Å². The second-order valence-corrected chi connectivity index (χ2v) is 3.98. The maximum atomic E-state index is 10.1. The summed E-state index contributed by atoms with van der Waals surface area (Å²) in [5.74, 6) is 0. The average Bonchev–Trinajstić information content (AvgIpc) is 2.96. The zero-order valence-electron chi connectivity index (χ0n) is 9.15. The second-order valence-electron chi connectivity index (χ2n) is 3.98. The lowest BCUT2D eigenvalue weighted by Gasteiger charge is -2.04. The van der Waals surface area contributed by atoms with E-state index in [1.54, 1.807) is 12.5 Å². The van der Waals surface area contributed by atoms with Crippen LogP contribution in [-0.4, -0.2) is 14.5 Å². The van der Waals surface area contributed by atoms with Crippen LogP contribution in [0.2, 0.25) is 0 Å². The molecule has 4 nitrogen and oxygen atoms in total. The molecule has 0 spiro atoms. The fraction of sp³-hybridized carbons (Fsp3) is 0.154. The fourth-order valence-electron chi connectivity index (χ4n) is 1.85. The summed E-state index contributed by atoms with van der Waals surface area (Å²) in [5, 5.41) is 10.1. The number of hydrogen-bond acceptors (Lipinski definition) is 3. The molecule has 0 saturated carbocycles. The Balaban J connectivity index is 1.88. The summed E-state index contributed by atoms with van der Waals surface area (Å²) in [6.45, 7) is 0. The molecule has 1 unspecified atom stereocenters. The largest absolute Gasteiger partial charge is 0.472 e. The van der Waals surface area contributed by atoms with Gasteiger partial charge in [0.2, 0.25) is 0 Å². The van der Waals surface area contributed by atoms with Crippen molar-refractivity contribution in [3.8, 4) is 0 Å². The van der Waals surface area contributed by atoms with Crippen molar-refractivity contribution < 1.29 is 9.52 Å². The van der Waals surface area contributed by atoms with E-state index < -0.39 is 6.10 Å². The minimum absolute atomic E-state index is 0.514. The summed E-state index contributed by atoms with van der Waals surface area (Å²) in [5.41, 5.74) is 2.49. The van der Waals surface area contributed by atoms with Crippen LogP contribution in [0.3, 0.4) is 0 Å². The van der Waals surface area contributed by atoms with Crippen molar-refractivity contribution in [1.82, 2.24) is 9.38 Å². The molecule has 3 aromatic rings. The van der Waals surface area contributed by atoms with Crippen molar-refractivity contribution in [1.29, 1.82) is 0 Å². The van der Waals surface area contributed by atoms with E-state index in [0.29, 0.717) is 12.1 Å². The first-order chi connectivity index (χ1) is 8.33. The number of pyridine rings is 1. The predicted molar refractivity (Wildman–Crippen MR) is 62.6 cm³/mol. The number of aliphatic hydroxyl groups excluding tert-OH is 1. The Bertz CT molecular complexity index is 580. The number of furan rings is 1. The summed E-state index contributed by atoms with van der Waals surface area (Å²) in [4.78, 5) is 4.38. The van der Waals surface area contributed by atoms with Gasteiger partial charge in [0.1, 0.15) is 11.8 Å². The van der Waals surface area contributed by atoms with Gasteiger partial charge in [0.15, 0.2) is 0 Å². The Kier molecular flexibility index (Phi) is 2.42. The predicted octanol–water partition coefficient (Wildman–Crippen LogP) is 2.20. The van der Waals surface area contributed by atoms with Crippen molar-refractivity contribution in [3.63, 3.8) is 0 Å². The molecule has 0 aliphatic rings. The highest BCUT2D eigenvalue weighted by Crippen LogP contribution is 2.18. The summed E-state index contributed by atoms with van der Waals surface area (Å²) >= 11 is 0. The molecule has 0 saturated heterocycles. The van der Waals surface area contributed by atoms with E-state index >= 15 is 0 Å². The summed E-state index contributed by atoms with van der Waals surface area (Å²) in [7, 11) is 0. The first kappa shape index (κ1) is 10.1. The van der Waals surface area contributed by atoms with E-state index in [1.165, 1.54) is 0 Å². The van der Waals surface area contributed by atoms with E-state index in [1.807, 2.05) is 41.1 Å². The molecule has 1 atom stereocenters. The van der Waals surface area contributed by atoms with Crippen LogP contribution in [0.15, 0.2) is 53.6 Å². The molecule has 86 valence electrons. The highest BCUT2D eigenvalue weighted by atomic mass is 16.3. The van der Waals surface area contributed by atoms with Gasteiger partial charge in [-0.15, -0.1) is 0 Å². The summed E-state index contributed by atoms with van der Waals surface area (Å²) in [6.07, 6.45) is 6.91. The van der Waals surface area contributed by atoms with Gasteiger partial charge in [-0.3, -0.25) is 0 Å². The molecule has 0 aromatic carbocycles. The standard InChI is InChI=1S/C13H12N2O2/c16-12(7-10-4-6-17-9-10)11-8-15-5-2-1-3-13(15)14-11/h1-6,8-9,12,16H,7H2. The molecule has 0 aliphatic heterocycles. The maximum absolute atomic E-state index is 10.1. The van der Waals surface area contributed by atoms with Crippen LogP contribution in [0, 0.1) is 0 Å². The van der Waals surface area contributed by atoms with E-state index in [4.69, 9.17) is 4.42 Å². The molecule has 0 bridgehead atoms. The van der Waals surface area contributed by atoms with Gasteiger partial charge in [0.05, 0.1) is 18.2 Å². The van der Waals surface area contributed by atoms with Gasteiger partial charge in [-0.2, -0.15) is 0 Å². The maximum Gasteiger partial charge on any atom is 0.137 e. The molecule has 3 rings (SSSR count). The average molecular weight is 228 g/mol. The van der Waals surface area contributed by atoms with Gasteiger partial charge in [-0.05, 0) is 23.8 Å². The molecule has 0 aliphatic carbocycles. The Labute approximate surface area is 98.1 Å². The van der Waals surface area contributed by atoms with Gasteiger partial charge >= 0.3 is 0 Å². The highest BCUT2D eigenvalue weighted by Gasteiger charge is 2.13. The number of aromatic nitrogens is 2. The van der Waals surface area contributed by atoms with Crippen molar-refractivity contribution in [2.24, 2.45) is 0 Å². The molecule has 0 radical (unpaired) electrons. The molecular weight excluding hydrogens is 216 g/mol. The van der Waals surface area contributed by atoms with E-state index in [-0.39, 0.29) is 0 Å². The Morgan fingerprint density at radius 1 is 1.35 bits per heavy atom. The van der Waals surface area contributed by atoms with Gasteiger partial charge < -0.3 is 13.9 Å². The molecule has 3 aromatic heterocycles. The lowest BCUT2D eigenvalue weighted by molar-refractivity contribution is 0.174. The lowest BCUT2D eigenvalue weighted by Crippen LogP contribution is -2.01.